The average Bonchev–Trinajstić information content (AvgIpc) is 3.20. The van der Waals surface area contributed by atoms with Crippen molar-refractivity contribution in [2.75, 3.05) is 0 Å². The van der Waals surface area contributed by atoms with Crippen molar-refractivity contribution in [3.8, 4) is 5.69 Å². The zero-order chi connectivity index (χ0) is 19.7. The molecule has 5 nitrogen and oxygen atoms in total. The van der Waals surface area contributed by atoms with Gasteiger partial charge >= 0.3 is 0 Å². The fraction of sp³-hybridized carbons (Fsp3) is 0.136. The number of nitrogens with one attached hydrogen (secondary N) is 1. The molecule has 0 spiro atoms. The number of aromatic nitrogens is 3. The molecular weight excluding hydrogens is 355 g/mol. The molecule has 0 unspecified atom stereocenters. The van der Waals surface area contributed by atoms with Crippen molar-refractivity contribution in [3.63, 3.8) is 0 Å². The number of fused-ring (bicyclic) bond motifs is 1. The van der Waals surface area contributed by atoms with Gasteiger partial charge in [-0.2, -0.15) is 0 Å². The number of imidazole rings is 1. The molecule has 28 heavy (non-hydrogen) atoms. The summed E-state index contributed by atoms with van der Waals surface area (Å²) in [5.41, 5.74) is 4.29. The maximum Gasteiger partial charge on any atom is 0.252 e. The highest BCUT2D eigenvalue weighted by molar-refractivity contribution is 6.06. The maximum absolute atomic E-state index is 14.4. The van der Waals surface area contributed by atoms with Crippen molar-refractivity contribution in [1.29, 1.82) is 0 Å². The summed E-state index contributed by atoms with van der Waals surface area (Å²) < 4.78 is 16.0. The number of halogens is 1. The predicted octanol–water partition coefficient (Wildman–Crippen LogP) is 4.11. The highest BCUT2D eigenvalue weighted by Crippen LogP contribution is 2.20. The van der Waals surface area contributed by atoms with Crippen LogP contribution < -0.4 is 5.32 Å². The molecule has 0 fully saturated rings. The number of benzene rings is 2. The van der Waals surface area contributed by atoms with Crippen LogP contribution >= 0.6 is 0 Å². The van der Waals surface area contributed by atoms with Gasteiger partial charge in [-0.1, -0.05) is 17.7 Å². The van der Waals surface area contributed by atoms with Crippen molar-refractivity contribution in [2.45, 2.75) is 20.4 Å². The van der Waals surface area contributed by atoms with Crippen LogP contribution in [0.1, 0.15) is 27.2 Å². The number of aryl methyl sites for hydroxylation is 2. The van der Waals surface area contributed by atoms with Crippen LogP contribution in [0.4, 0.5) is 4.39 Å². The van der Waals surface area contributed by atoms with E-state index in [1.54, 1.807) is 41.5 Å². The summed E-state index contributed by atoms with van der Waals surface area (Å²) in [5.74, 6) is -0.578. The Labute approximate surface area is 161 Å². The summed E-state index contributed by atoms with van der Waals surface area (Å²) >= 11 is 0. The molecule has 0 saturated carbocycles. The van der Waals surface area contributed by atoms with E-state index < -0.39 is 0 Å². The van der Waals surface area contributed by atoms with Crippen LogP contribution in [0.15, 0.2) is 61.2 Å². The second-order valence-electron chi connectivity index (χ2n) is 6.77. The van der Waals surface area contributed by atoms with Crippen molar-refractivity contribution >= 4 is 16.8 Å². The number of pyridine rings is 1. The number of carbonyl (C=O) groups is 1. The molecule has 4 rings (SSSR count). The number of carbonyl (C=O) groups excluding carboxylic acids is 1. The Morgan fingerprint density at radius 1 is 1.14 bits per heavy atom. The van der Waals surface area contributed by atoms with Crippen molar-refractivity contribution < 1.29 is 9.18 Å². The van der Waals surface area contributed by atoms with Crippen LogP contribution in [0.5, 0.6) is 0 Å². The van der Waals surface area contributed by atoms with E-state index in [9.17, 15) is 9.18 Å². The lowest BCUT2D eigenvalue weighted by atomic mass is 10.0. The largest absolute Gasteiger partial charge is 0.348 e. The van der Waals surface area contributed by atoms with Gasteiger partial charge in [-0.05, 0) is 49.7 Å². The molecule has 0 aliphatic carbocycles. The first kappa shape index (κ1) is 17.9. The summed E-state index contributed by atoms with van der Waals surface area (Å²) in [7, 11) is 0. The zero-order valence-corrected chi connectivity index (χ0v) is 15.6. The minimum Gasteiger partial charge on any atom is -0.348 e. The van der Waals surface area contributed by atoms with Gasteiger partial charge in [0.2, 0.25) is 0 Å². The lowest BCUT2D eigenvalue weighted by Crippen LogP contribution is -2.23. The van der Waals surface area contributed by atoms with Gasteiger partial charge < -0.3 is 9.88 Å². The topological polar surface area (TPSA) is 59.8 Å². The summed E-state index contributed by atoms with van der Waals surface area (Å²) in [6.45, 7) is 4.07. The summed E-state index contributed by atoms with van der Waals surface area (Å²) in [5, 5.41) is 3.69. The Bertz CT molecular complexity index is 1170. The van der Waals surface area contributed by atoms with E-state index in [1.807, 2.05) is 32.0 Å². The van der Waals surface area contributed by atoms with E-state index in [-0.39, 0.29) is 18.3 Å². The number of rotatable bonds is 4. The fourth-order valence-corrected chi connectivity index (χ4v) is 3.21. The van der Waals surface area contributed by atoms with E-state index in [0.717, 1.165) is 22.2 Å². The minimum absolute atomic E-state index is 0.208. The number of hydrogen-bond donors (Lipinski definition) is 1. The third kappa shape index (κ3) is 3.49. The van der Waals surface area contributed by atoms with E-state index in [2.05, 4.69) is 15.3 Å². The number of hydrogen-bond acceptors (Lipinski definition) is 3. The van der Waals surface area contributed by atoms with Crippen LogP contribution in [0.3, 0.4) is 0 Å². The third-order valence-electron chi connectivity index (χ3n) is 4.58. The van der Waals surface area contributed by atoms with E-state index >= 15 is 0 Å². The maximum atomic E-state index is 14.4. The summed E-state index contributed by atoms with van der Waals surface area (Å²) in [6, 6.07) is 12.5. The molecule has 1 N–H and O–H groups in total. The molecule has 2 heterocycles. The summed E-state index contributed by atoms with van der Waals surface area (Å²) in [4.78, 5) is 21.2. The number of amides is 1. The van der Waals surface area contributed by atoms with Crippen molar-refractivity contribution in [2.24, 2.45) is 0 Å². The Balaban J connectivity index is 1.56. The first-order chi connectivity index (χ1) is 13.5. The van der Waals surface area contributed by atoms with Gasteiger partial charge in [-0.3, -0.25) is 9.78 Å². The highest BCUT2D eigenvalue weighted by atomic mass is 19.1. The van der Waals surface area contributed by atoms with Crippen LogP contribution in [-0.2, 0) is 6.54 Å². The summed E-state index contributed by atoms with van der Waals surface area (Å²) in [6.07, 6.45) is 4.81. The molecule has 0 atom stereocenters. The second-order valence-corrected chi connectivity index (χ2v) is 6.77. The smallest absolute Gasteiger partial charge is 0.252 e. The molecule has 1 amide bonds. The predicted molar refractivity (Wildman–Crippen MR) is 106 cm³/mol. The molecule has 4 aromatic rings. The van der Waals surface area contributed by atoms with Crippen LogP contribution in [0, 0.1) is 19.7 Å². The lowest BCUT2D eigenvalue weighted by Gasteiger charge is -2.11. The monoisotopic (exact) mass is 374 g/mol. The molecule has 2 aromatic heterocycles. The van der Waals surface area contributed by atoms with Gasteiger partial charge in [-0.25, -0.2) is 9.37 Å². The van der Waals surface area contributed by atoms with Gasteiger partial charge in [-0.15, -0.1) is 0 Å². The molecule has 6 heteroatoms. The fourth-order valence-electron chi connectivity index (χ4n) is 3.21. The first-order valence-corrected chi connectivity index (χ1v) is 8.94. The first-order valence-electron chi connectivity index (χ1n) is 8.94. The van der Waals surface area contributed by atoms with Crippen LogP contribution in [0.2, 0.25) is 0 Å². The standard InChI is InChI=1S/C22H19FN4O/c1-14-3-5-20-17(9-14)18(10-15(2)26-20)22(28)25-12-16-4-6-21(19(23)11-16)27-8-7-24-13-27/h3-11,13H,12H2,1-2H3,(H,25,28). The Morgan fingerprint density at radius 2 is 2.00 bits per heavy atom. The minimum atomic E-state index is -0.370. The zero-order valence-electron chi connectivity index (χ0n) is 15.6. The molecule has 0 aliphatic rings. The van der Waals surface area contributed by atoms with Gasteiger partial charge in [0.25, 0.3) is 5.91 Å². The van der Waals surface area contributed by atoms with Crippen molar-refractivity contribution in [1.82, 2.24) is 19.9 Å². The Morgan fingerprint density at radius 3 is 2.75 bits per heavy atom. The average molecular weight is 374 g/mol. The quantitative estimate of drug-likeness (QED) is 0.585. The van der Waals surface area contributed by atoms with E-state index in [1.165, 1.54) is 6.07 Å². The van der Waals surface area contributed by atoms with E-state index in [4.69, 9.17) is 0 Å². The van der Waals surface area contributed by atoms with E-state index in [0.29, 0.717) is 16.8 Å². The van der Waals surface area contributed by atoms with Gasteiger partial charge in [0, 0.05) is 30.0 Å². The van der Waals surface area contributed by atoms with Crippen LogP contribution in [0.25, 0.3) is 16.6 Å². The highest BCUT2D eigenvalue weighted by Gasteiger charge is 2.13. The normalized spacial score (nSPS) is 11.0. The molecule has 0 radical (unpaired) electrons. The Kier molecular flexibility index (Phi) is 4.61. The molecule has 140 valence electrons. The molecule has 0 bridgehead atoms. The third-order valence-corrected chi connectivity index (χ3v) is 4.58. The second kappa shape index (κ2) is 7.23. The van der Waals surface area contributed by atoms with Crippen molar-refractivity contribution in [3.05, 3.63) is 89.4 Å². The van der Waals surface area contributed by atoms with Crippen LogP contribution in [-0.4, -0.2) is 20.4 Å². The van der Waals surface area contributed by atoms with Gasteiger partial charge in [0.15, 0.2) is 0 Å². The molecule has 0 aliphatic heterocycles. The molecular formula is C22H19FN4O. The Hall–Kier alpha value is -3.54. The number of nitrogens with zero attached hydrogens (tertiary/aromatic N) is 3. The molecule has 2 aromatic carbocycles. The SMILES string of the molecule is Cc1ccc2nc(C)cc(C(=O)NCc3ccc(-n4ccnc4)c(F)c3)c2c1. The van der Waals surface area contributed by atoms with Gasteiger partial charge in [0.05, 0.1) is 23.1 Å². The molecule has 0 saturated heterocycles. The van der Waals surface area contributed by atoms with Gasteiger partial charge in [0.1, 0.15) is 5.82 Å². The lowest BCUT2D eigenvalue weighted by molar-refractivity contribution is 0.0952.